The second-order valence-electron chi connectivity index (χ2n) is 5.22. The van der Waals surface area contributed by atoms with Gasteiger partial charge in [0.15, 0.2) is 0 Å². The summed E-state index contributed by atoms with van der Waals surface area (Å²) in [4.78, 5) is 8.99. The van der Waals surface area contributed by atoms with E-state index in [4.69, 9.17) is 10.5 Å². The molecule has 5 nitrogen and oxygen atoms in total. The van der Waals surface area contributed by atoms with Crippen LogP contribution in [-0.2, 0) is 11.3 Å². The number of aromatic nitrogens is 1. The first-order valence-corrected chi connectivity index (χ1v) is 6.82. The molecule has 0 saturated carbocycles. The molecule has 114 valence electrons. The highest BCUT2D eigenvalue weighted by Gasteiger charge is 2.18. The molecule has 2 N–H and O–H groups in total. The molecule has 1 aromatic rings. The zero-order chi connectivity index (χ0) is 13.7. The maximum Gasteiger partial charge on any atom is 0.128 e. The van der Waals surface area contributed by atoms with Crippen LogP contribution in [0.5, 0.6) is 0 Å². The van der Waals surface area contributed by atoms with Crippen molar-refractivity contribution in [3.05, 3.63) is 23.9 Å². The Labute approximate surface area is 127 Å². The molecular weight excluding hydrogens is 276 g/mol. The first-order valence-electron chi connectivity index (χ1n) is 6.82. The number of anilines is 1. The number of halogens is 1. The summed E-state index contributed by atoms with van der Waals surface area (Å²) in [6, 6.07) is 4.56. The molecule has 1 atom stereocenters. The molecule has 0 aromatic carbocycles. The van der Waals surface area contributed by atoms with Gasteiger partial charge in [-0.05, 0) is 18.1 Å². The average Bonchev–Trinajstić information content (AvgIpc) is 2.82. The summed E-state index contributed by atoms with van der Waals surface area (Å²) in [5, 5.41) is 0. The molecule has 0 aliphatic carbocycles. The van der Waals surface area contributed by atoms with Gasteiger partial charge in [0.2, 0.25) is 0 Å². The third-order valence-electron chi connectivity index (χ3n) is 3.55. The average molecular weight is 301 g/mol. The van der Waals surface area contributed by atoms with Crippen LogP contribution in [0.3, 0.4) is 0 Å². The molecule has 0 amide bonds. The van der Waals surface area contributed by atoms with Crippen molar-refractivity contribution in [3.63, 3.8) is 0 Å². The second kappa shape index (κ2) is 8.42. The molecule has 2 rings (SSSR count). The lowest BCUT2D eigenvalue weighted by Crippen LogP contribution is -2.26. The van der Waals surface area contributed by atoms with Gasteiger partial charge in [-0.25, -0.2) is 4.98 Å². The minimum atomic E-state index is 0. The van der Waals surface area contributed by atoms with Crippen LogP contribution in [0, 0.1) is 0 Å². The molecule has 0 spiro atoms. The van der Waals surface area contributed by atoms with Gasteiger partial charge in [-0.15, -0.1) is 12.4 Å². The summed E-state index contributed by atoms with van der Waals surface area (Å²) >= 11 is 0. The highest BCUT2D eigenvalue weighted by molar-refractivity contribution is 5.85. The number of rotatable bonds is 6. The quantitative estimate of drug-likeness (QED) is 0.853. The molecule has 0 bridgehead atoms. The van der Waals surface area contributed by atoms with Crippen molar-refractivity contribution in [1.29, 1.82) is 0 Å². The fourth-order valence-corrected chi connectivity index (χ4v) is 2.34. The Morgan fingerprint density at radius 2 is 2.30 bits per heavy atom. The minimum absolute atomic E-state index is 0. The van der Waals surface area contributed by atoms with Crippen molar-refractivity contribution >= 4 is 18.2 Å². The Balaban J connectivity index is 0.00000200. The lowest BCUT2D eigenvalue weighted by molar-refractivity contribution is 0.206. The summed E-state index contributed by atoms with van der Waals surface area (Å²) < 4.78 is 5.07. The van der Waals surface area contributed by atoms with Gasteiger partial charge >= 0.3 is 0 Å². The SMILES string of the molecule is COCCN(C)c1ccc(CN2CCC(N)C2)cn1.Cl. The normalized spacial score (nSPS) is 18.9. The Hall–Kier alpha value is -0.880. The molecule has 2 heterocycles. The summed E-state index contributed by atoms with van der Waals surface area (Å²) in [7, 11) is 3.74. The molecular formula is C14H25ClN4O. The van der Waals surface area contributed by atoms with E-state index in [1.54, 1.807) is 7.11 Å². The van der Waals surface area contributed by atoms with Gasteiger partial charge in [0.1, 0.15) is 5.82 Å². The molecule has 1 aliphatic heterocycles. The molecule has 6 heteroatoms. The molecule has 1 unspecified atom stereocenters. The van der Waals surface area contributed by atoms with Crippen LogP contribution in [0.2, 0.25) is 0 Å². The van der Waals surface area contributed by atoms with E-state index in [1.807, 2.05) is 13.2 Å². The monoisotopic (exact) mass is 300 g/mol. The first-order chi connectivity index (χ1) is 9.19. The van der Waals surface area contributed by atoms with E-state index in [-0.39, 0.29) is 12.4 Å². The summed E-state index contributed by atoms with van der Waals surface area (Å²) in [6.45, 7) is 4.60. The van der Waals surface area contributed by atoms with Gasteiger partial charge < -0.3 is 15.4 Å². The summed E-state index contributed by atoms with van der Waals surface area (Å²) in [5.41, 5.74) is 7.16. The number of likely N-dealkylation sites (N-methyl/N-ethyl adjacent to an activating group) is 1. The van der Waals surface area contributed by atoms with Crippen LogP contribution in [0.4, 0.5) is 5.82 Å². The Bertz CT molecular complexity index is 387. The lowest BCUT2D eigenvalue weighted by Gasteiger charge is -2.19. The van der Waals surface area contributed by atoms with E-state index in [2.05, 4.69) is 26.9 Å². The maximum absolute atomic E-state index is 5.91. The maximum atomic E-state index is 5.91. The predicted octanol–water partition coefficient (Wildman–Crippen LogP) is 1.12. The van der Waals surface area contributed by atoms with Gasteiger partial charge in [0.05, 0.1) is 6.61 Å². The van der Waals surface area contributed by atoms with E-state index >= 15 is 0 Å². The van der Waals surface area contributed by atoms with Crippen LogP contribution in [0.25, 0.3) is 0 Å². The van der Waals surface area contributed by atoms with Crippen molar-refractivity contribution in [2.45, 2.75) is 19.0 Å². The Morgan fingerprint density at radius 1 is 1.50 bits per heavy atom. The van der Waals surface area contributed by atoms with E-state index in [1.165, 1.54) is 5.56 Å². The van der Waals surface area contributed by atoms with Gasteiger partial charge in [-0.2, -0.15) is 0 Å². The fourth-order valence-electron chi connectivity index (χ4n) is 2.34. The van der Waals surface area contributed by atoms with Crippen molar-refractivity contribution in [1.82, 2.24) is 9.88 Å². The zero-order valence-corrected chi connectivity index (χ0v) is 13.1. The van der Waals surface area contributed by atoms with Crippen molar-refractivity contribution < 1.29 is 4.74 Å². The number of hydrogen-bond acceptors (Lipinski definition) is 5. The Morgan fingerprint density at radius 3 is 2.85 bits per heavy atom. The lowest BCUT2D eigenvalue weighted by atomic mass is 10.2. The molecule has 1 aliphatic rings. The number of nitrogens with zero attached hydrogens (tertiary/aromatic N) is 3. The topological polar surface area (TPSA) is 54.6 Å². The van der Waals surface area contributed by atoms with Crippen molar-refractivity contribution in [3.8, 4) is 0 Å². The smallest absolute Gasteiger partial charge is 0.128 e. The molecule has 20 heavy (non-hydrogen) atoms. The standard InChI is InChI=1S/C14H24N4O.ClH/c1-17(7-8-19-2)14-4-3-12(9-16-14)10-18-6-5-13(15)11-18;/h3-4,9,13H,5-8,10-11,15H2,1-2H3;1H. The first kappa shape index (κ1) is 17.2. The van der Waals surface area contributed by atoms with Crippen molar-refractivity contribution in [2.24, 2.45) is 5.73 Å². The number of methoxy groups -OCH3 is 1. The third kappa shape index (κ3) is 4.90. The van der Waals surface area contributed by atoms with Crippen LogP contribution >= 0.6 is 12.4 Å². The van der Waals surface area contributed by atoms with E-state index in [0.717, 1.165) is 38.4 Å². The van der Waals surface area contributed by atoms with Crippen LogP contribution < -0.4 is 10.6 Å². The predicted molar refractivity (Wildman–Crippen MR) is 84.5 cm³/mol. The van der Waals surface area contributed by atoms with Crippen LogP contribution in [0.1, 0.15) is 12.0 Å². The van der Waals surface area contributed by atoms with Gasteiger partial charge in [-0.1, -0.05) is 6.07 Å². The van der Waals surface area contributed by atoms with E-state index in [0.29, 0.717) is 12.6 Å². The molecule has 1 fully saturated rings. The number of nitrogens with two attached hydrogens (primary N) is 1. The fraction of sp³-hybridized carbons (Fsp3) is 0.643. The van der Waals surface area contributed by atoms with Crippen LogP contribution in [0.15, 0.2) is 18.3 Å². The van der Waals surface area contributed by atoms with Gasteiger partial charge in [0, 0.05) is 52.6 Å². The minimum Gasteiger partial charge on any atom is -0.383 e. The third-order valence-corrected chi connectivity index (χ3v) is 3.55. The second-order valence-corrected chi connectivity index (χ2v) is 5.22. The summed E-state index contributed by atoms with van der Waals surface area (Å²) in [5.74, 6) is 0.985. The van der Waals surface area contributed by atoms with Crippen LogP contribution in [-0.4, -0.2) is 56.3 Å². The highest BCUT2D eigenvalue weighted by atomic mass is 35.5. The largest absolute Gasteiger partial charge is 0.383 e. The highest BCUT2D eigenvalue weighted by Crippen LogP contribution is 2.14. The number of hydrogen-bond donors (Lipinski definition) is 1. The number of pyridine rings is 1. The molecule has 0 radical (unpaired) electrons. The number of ether oxygens (including phenoxy) is 1. The number of likely N-dealkylation sites (tertiary alicyclic amines) is 1. The van der Waals surface area contributed by atoms with E-state index in [9.17, 15) is 0 Å². The van der Waals surface area contributed by atoms with Gasteiger partial charge in [-0.3, -0.25) is 4.90 Å². The van der Waals surface area contributed by atoms with E-state index < -0.39 is 0 Å². The van der Waals surface area contributed by atoms with Gasteiger partial charge in [0.25, 0.3) is 0 Å². The molecule has 1 saturated heterocycles. The summed E-state index contributed by atoms with van der Waals surface area (Å²) in [6.07, 6.45) is 3.06. The zero-order valence-electron chi connectivity index (χ0n) is 12.3. The molecule has 1 aromatic heterocycles. The van der Waals surface area contributed by atoms with Crippen molar-refractivity contribution in [2.75, 3.05) is 45.3 Å². The Kier molecular flexibility index (Phi) is 7.23.